The summed E-state index contributed by atoms with van der Waals surface area (Å²) in [4.78, 5) is 31.5. The number of carbonyl (C=O) groups excluding carboxylic acids is 2. The monoisotopic (exact) mass is 365 g/mol. The minimum absolute atomic E-state index is 0.00651. The van der Waals surface area contributed by atoms with Crippen molar-refractivity contribution in [3.63, 3.8) is 0 Å². The van der Waals surface area contributed by atoms with Crippen LogP contribution in [-0.2, 0) is 4.79 Å². The molecule has 3 rings (SSSR count). The number of piperidine rings is 1. The molecule has 0 saturated carbocycles. The Morgan fingerprint density at radius 2 is 1.81 bits per heavy atom. The summed E-state index contributed by atoms with van der Waals surface area (Å²) in [7, 11) is 0. The normalized spacial score (nSPS) is 14.8. The lowest BCUT2D eigenvalue weighted by molar-refractivity contribution is -0.126. The Balaban J connectivity index is 1.64. The number of amides is 2. The summed E-state index contributed by atoms with van der Waals surface area (Å²) in [5.41, 5.74) is 3.29. The van der Waals surface area contributed by atoms with Crippen molar-refractivity contribution in [3.8, 4) is 11.3 Å². The Morgan fingerprint density at radius 3 is 2.44 bits per heavy atom. The summed E-state index contributed by atoms with van der Waals surface area (Å²) in [6, 6.07) is 13.7. The van der Waals surface area contributed by atoms with Crippen molar-refractivity contribution in [2.45, 2.75) is 33.1 Å². The first-order chi connectivity index (χ1) is 13.1. The molecule has 142 valence electrons. The van der Waals surface area contributed by atoms with Crippen molar-refractivity contribution in [3.05, 3.63) is 53.7 Å². The molecule has 1 aromatic heterocycles. The Labute approximate surface area is 160 Å². The van der Waals surface area contributed by atoms with Gasteiger partial charge in [-0.1, -0.05) is 37.3 Å². The molecule has 0 aliphatic carbocycles. The van der Waals surface area contributed by atoms with Crippen LogP contribution < -0.4 is 5.32 Å². The highest BCUT2D eigenvalue weighted by Crippen LogP contribution is 2.22. The number of benzene rings is 1. The Kier molecular flexibility index (Phi) is 6.22. The van der Waals surface area contributed by atoms with Gasteiger partial charge in [-0.3, -0.25) is 14.6 Å². The fourth-order valence-electron chi connectivity index (χ4n) is 3.46. The maximum atomic E-state index is 12.9. The summed E-state index contributed by atoms with van der Waals surface area (Å²) < 4.78 is 0. The molecule has 1 fully saturated rings. The van der Waals surface area contributed by atoms with E-state index < -0.39 is 0 Å². The van der Waals surface area contributed by atoms with Gasteiger partial charge >= 0.3 is 0 Å². The zero-order valence-corrected chi connectivity index (χ0v) is 16.1. The van der Waals surface area contributed by atoms with Gasteiger partial charge in [0.2, 0.25) is 5.91 Å². The molecular formula is C22H27N3O2. The van der Waals surface area contributed by atoms with Gasteiger partial charge < -0.3 is 10.2 Å². The zero-order chi connectivity index (χ0) is 19.2. The van der Waals surface area contributed by atoms with Crippen molar-refractivity contribution < 1.29 is 9.59 Å². The van der Waals surface area contributed by atoms with E-state index in [9.17, 15) is 9.59 Å². The van der Waals surface area contributed by atoms with E-state index in [1.165, 1.54) is 0 Å². The highest BCUT2D eigenvalue weighted by Gasteiger charge is 2.28. The molecule has 2 heterocycles. The Hall–Kier alpha value is -2.69. The van der Waals surface area contributed by atoms with Crippen molar-refractivity contribution in [2.24, 2.45) is 5.92 Å². The quantitative estimate of drug-likeness (QED) is 0.883. The van der Waals surface area contributed by atoms with Crippen LogP contribution in [-0.4, -0.2) is 41.3 Å². The molecule has 1 aliphatic rings. The first-order valence-corrected chi connectivity index (χ1v) is 9.70. The topological polar surface area (TPSA) is 62.3 Å². The molecular weight excluding hydrogens is 338 g/mol. The molecule has 27 heavy (non-hydrogen) atoms. The van der Waals surface area contributed by atoms with Gasteiger partial charge in [0, 0.05) is 31.1 Å². The minimum Gasteiger partial charge on any atom is -0.356 e. The first-order valence-electron chi connectivity index (χ1n) is 9.70. The summed E-state index contributed by atoms with van der Waals surface area (Å²) in [5, 5.41) is 2.96. The highest BCUT2D eigenvalue weighted by molar-refractivity contribution is 5.95. The lowest BCUT2D eigenvalue weighted by Crippen LogP contribution is -2.43. The summed E-state index contributed by atoms with van der Waals surface area (Å²) in [6.45, 7) is 5.87. The van der Waals surface area contributed by atoms with Gasteiger partial charge in [-0.05, 0) is 38.3 Å². The molecule has 1 aliphatic heterocycles. The number of rotatable bonds is 5. The third-order valence-corrected chi connectivity index (χ3v) is 5.09. The van der Waals surface area contributed by atoms with Gasteiger partial charge in [-0.2, -0.15) is 0 Å². The summed E-state index contributed by atoms with van der Waals surface area (Å²) in [6.07, 6.45) is 2.38. The lowest BCUT2D eigenvalue weighted by atomic mass is 9.95. The molecule has 0 spiro atoms. The second-order valence-electron chi connectivity index (χ2n) is 7.05. The second kappa shape index (κ2) is 8.80. The lowest BCUT2D eigenvalue weighted by Gasteiger charge is -2.31. The fraction of sp³-hybridized carbons (Fsp3) is 0.409. The summed E-state index contributed by atoms with van der Waals surface area (Å²) >= 11 is 0. The SMILES string of the molecule is CCCNC(=O)C1CCN(C(=O)c2ccc(-c3ccccc3)nc2C)CC1. The van der Waals surface area contributed by atoms with Crippen molar-refractivity contribution >= 4 is 11.8 Å². The third-order valence-electron chi connectivity index (χ3n) is 5.09. The van der Waals surface area contributed by atoms with Gasteiger partial charge in [0.15, 0.2) is 0 Å². The molecule has 0 bridgehead atoms. The smallest absolute Gasteiger partial charge is 0.255 e. The van der Waals surface area contributed by atoms with E-state index in [-0.39, 0.29) is 17.7 Å². The van der Waals surface area contributed by atoms with Crippen molar-refractivity contribution in [2.75, 3.05) is 19.6 Å². The van der Waals surface area contributed by atoms with Gasteiger partial charge in [-0.15, -0.1) is 0 Å². The molecule has 1 aromatic carbocycles. The number of aromatic nitrogens is 1. The van der Waals surface area contributed by atoms with Crippen LogP contribution >= 0.6 is 0 Å². The van der Waals surface area contributed by atoms with Crippen LogP contribution in [0.25, 0.3) is 11.3 Å². The second-order valence-corrected chi connectivity index (χ2v) is 7.05. The van der Waals surface area contributed by atoms with E-state index >= 15 is 0 Å². The van der Waals surface area contributed by atoms with Crippen molar-refractivity contribution in [1.82, 2.24) is 15.2 Å². The zero-order valence-electron chi connectivity index (χ0n) is 16.1. The number of aryl methyl sites for hydroxylation is 1. The van der Waals surface area contributed by atoms with Crippen molar-refractivity contribution in [1.29, 1.82) is 0 Å². The Morgan fingerprint density at radius 1 is 1.11 bits per heavy atom. The number of pyridine rings is 1. The third kappa shape index (κ3) is 4.54. The van der Waals surface area contributed by atoms with E-state index in [2.05, 4.69) is 10.3 Å². The number of likely N-dealkylation sites (tertiary alicyclic amines) is 1. The molecule has 0 atom stereocenters. The standard InChI is InChI=1S/C22H27N3O2/c1-3-13-23-21(26)18-11-14-25(15-12-18)22(27)19-9-10-20(24-16(19)2)17-7-5-4-6-8-17/h4-10,18H,3,11-15H2,1-2H3,(H,23,26). The van der Waals surface area contributed by atoms with E-state index in [1.54, 1.807) is 0 Å². The molecule has 2 amide bonds. The van der Waals surface area contributed by atoms with Gasteiger partial charge in [0.05, 0.1) is 17.0 Å². The van der Waals surface area contributed by atoms with E-state index in [0.717, 1.165) is 42.8 Å². The number of hydrogen-bond donors (Lipinski definition) is 1. The average Bonchev–Trinajstić information content (AvgIpc) is 2.72. The van der Waals surface area contributed by atoms with Gasteiger partial charge in [0.25, 0.3) is 5.91 Å². The highest BCUT2D eigenvalue weighted by atomic mass is 16.2. The van der Waals surface area contributed by atoms with E-state index in [0.29, 0.717) is 18.7 Å². The molecule has 5 nitrogen and oxygen atoms in total. The number of nitrogens with zero attached hydrogens (tertiary/aromatic N) is 2. The van der Waals surface area contributed by atoms with E-state index in [1.807, 2.05) is 61.2 Å². The first kappa shape index (κ1) is 19.1. The summed E-state index contributed by atoms with van der Waals surface area (Å²) in [5.74, 6) is 0.140. The largest absolute Gasteiger partial charge is 0.356 e. The Bertz CT molecular complexity index is 796. The van der Waals surface area contributed by atoms with Crippen LogP contribution in [0.2, 0.25) is 0 Å². The van der Waals surface area contributed by atoms with Gasteiger partial charge in [-0.25, -0.2) is 0 Å². The maximum absolute atomic E-state index is 12.9. The molecule has 0 radical (unpaired) electrons. The number of hydrogen-bond acceptors (Lipinski definition) is 3. The maximum Gasteiger partial charge on any atom is 0.255 e. The number of carbonyl (C=O) groups is 2. The predicted octanol–water partition coefficient (Wildman–Crippen LogP) is 3.44. The number of nitrogens with one attached hydrogen (secondary N) is 1. The van der Waals surface area contributed by atoms with Crippen LogP contribution in [0.4, 0.5) is 0 Å². The fourth-order valence-corrected chi connectivity index (χ4v) is 3.46. The van der Waals surface area contributed by atoms with E-state index in [4.69, 9.17) is 0 Å². The van der Waals surface area contributed by atoms with Crippen LogP contribution in [0.3, 0.4) is 0 Å². The van der Waals surface area contributed by atoms with Crippen LogP contribution in [0, 0.1) is 12.8 Å². The molecule has 0 unspecified atom stereocenters. The molecule has 5 heteroatoms. The average molecular weight is 365 g/mol. The van der Waals surface area contributed by atoms with Gasteiger partial charge in [0.1, 0.15) is 0 Å². The van der Waals surface area contributed by atoms with Crippen LogP contribution in [0.15, 0.2) is 42.5 Å². The predicted molar refractivity (Wildman–Crippen MR) is 106 cm³/mol. The van der Waals surface area contributed by atoms with Crippen LogP contribution in [0.5, 0.6) is 0 Å². The molecule has 1 saturated heterocycles. The minimum atomic E-state index is 0.00651. The molecule has 2 aromatic rings. The van der Waals surface area contributed by atoms with Crippen LogP contribution in [0.1, 0.15) is 42.2 Å². The molecule has 1 N–H and O–H groups in total.